The number of carbonyl (C=O) groups excluding carboxylic acids is 2. The number of benzene rings is 1. The number of nitrogens with zero attached hydrogens (tertiary/aromatic N) is 4. The van der Waals surface area contributed by atoms with E-state index in [0.717, 1.165) is 17.1 Å². The molecule has 0 bridgehead atoms. The molecule has 0 atom stereocenters. The summed E-state index contributed by atoms with van der Waals surface area (Å²) in [5.41, 5.74) is 2.79. The van der Waals surface area contributed by atoms with Gasteiger partial charge in [-0.2, -0.15) is 5.10 Å². The predicted molar refractivity (Wildman–Crippen MR) is 127 cm³/mol. The standard InChI is InChI=1S/C24H30N6O3/c1-18-4-7-21(8-5-18)33-13-12-29(3)24(32)17-30-16-20(15-27-30)28-23(31)10-11-25-22-9-6-19(2)14-26-22/h4-9,14-16H,10-13,17H2,1-3H3,(H,25,26)(H,28,31). The molecule has 3 aromatic rings. The highest BCUT2D eigenvalue weighted by Gasteiger charge is 2.11. The van der Waals surface area contributed by atoms with E-state index in [1.807, 2.05) is 50.2 Å². The first-order valence-electron chi connectivity index (χ1n) is 10.8. The molecule has 1 aromatic carbocycles. The highest BCUT2D eigenvalue weighted by Crippen LogP contribution is 2.11. The highest BCUT2D eigenvalue weighted by molar-refractivity contribution is 5.90. The van der Waals surface area contributed by atoms with Gasteiger partial charge in [-0.1, -0.05) is 23.8 Å². The van der Waals surface area contributed by atoms with Crippen LogP contribution in [0.3, 0.4) is 0 Å². The van der Waals surface area contributed by atoms with Gasteiger partial charge in [0.15, 0.2) is 0 Å². The van der Waals surface area contributed by atoms with E-state index in [1.54, 1.807) is 24.3 Å². The van der Waals surface area contributed by atoms with Gasteiger partial charge in [-0.05, 0) is 37.6 Å². The van der Waals surface area contributed by atoms with Gasteiger partial charge in [0.1, 0.15) is 24.7 Å². The molecular weight excluding hydrogens is 420 g/mol. The molecule has 0 saturated carbocycles. The number of hydrogen-bond acceptors (Lipinski definition) is 6. The van der Waals surface area contributed by atoms with Crippen molar-refractivity contribution in [2.24, 2.45) is 0 Å². The van der Waals surface area contributed by atoms with E-state index < -0.39 is 0 Å². The van der Waals surface area contributed by atoms with Gasteiger partial charge in [0.2, 0.25) is 11.8 Å². The molecule has 2 heterocycles. The Morgan fingerprint density at radius 2 is 1.82 bits per heavy atom. The molecule has 3 rings (SSSR count). The molecule has 9 nitrogen and oxygen atoms in total. The first-order valence-corrected chi connectivity index (χ1v) is 10.8. The van der Waals surface area contributed by atoms with Crippen molar-refractivity contribution in [2.45, 2.75) is 26.8 Å². The van der Waals surface area contributed by atoms with Gasteiger partial charge in [0, 0.05) is 32.4 Å². The van der Waals surface area contributed by atoms with Crippen LogP contribution >= 0.6 is 0 Å². The number of aryl methyl sites for hydroxylation is 2. The summed E-state index contributed by atoms with van der Waals surface area (Å²) in [6.07, 6.45) is 5.22. The average molecular weight is 451 g/mol. The third-order valence-electron chi connectivity index (χ3n) is 4.93. The van der Waals surface area contributed by atoms with Crippen LogP contribution in [-0.4, -0.2) is 58.2 Å². The number of nitrogens with one attached hydrogen (secondary N) is 2. The molecule has 0 unspecified atom stereocenters. The van der Waals surface area contributed by atoms with Crippen molar-refractivity contribution in [1.82, 2.24) is 19.7 Å². The fraction of sp³-hybridized carbons (Fsp3) is 0.333. The lowest BCUT2D eigenvalue weighted by atomic mass is 10.2. The van der Waals surface area contributed by atoms with E-state index >= 15 is 0 Å². The minimum absolute atomic E-state index is 0.0809. The van der Waals surface area contributed by atoms with E-state index in [1.165, 1.54) is 16.4 Å². The minimum Gasteiger partial charge on any atom is -0.492 e. The maximum atomic E-state index is 12.4. The number of amides is 2. The van der Waals surface area contributed by atoms with Gasteiger partial charge in [0.25, 0.3) is 0 Å². The summed E-state index contributed by atoms with van der Waals surface area (Å²) in [7, 11) is 1.73. The van der Waals surface area contributed by atoms with Gasteiger partial charge < -0.3 is 20.3 Å². The van der Waals surface area contributed by atoms with E-state index in [-0.39, 0.29) is 24.8 Å². The Labute approximate surface area is 193 Å². The molecule has 0 saturated heterocycles. The summed E-state index contributed by atoms with van der Waals surface area (Å²) >= 11 is 0. The quantitative estimate of drug-likeness (QED) is 0.466. The normalized spacial score (nSPS) is 10.5. The number of pyridine rings is 1. The zero-order chi connectivity index (χ0) is 23.6. The topological polar surface area (TPSA) is 101 Å². The Hall–Kier alpha value is -3.88. The molecular formula is C24H30N6O3. The van der Waals surface area contributed by atoms with E-state index in [4.69, 9.17) is 4.74 Å². The third-order valence-corrected chi connectivity index (χ3v) is 4.93. The van der Waals surface area contributed by atoms with E-state index in [9.17, 15) is 9.59 Å². The van der Waals surface area contributed by atoms with Crippen molar-refractivity contribution < 1.29 is 14.3 Å². The maximum Gasteiger partial charge on any atom is 0.244 e. The molecule has 174 valence electrons. The first-order chi connectivity index (χ1) is 15.9. The van der Waals surface area contributed by atoms with Crippen molar-refractivity contribution >= 4 is 23.3 Å². The van der Waals surface area contributed by atoms with Crippen LogP contribution in [0.2, 0.25) is 0 Å². The zero-order valence-electron chi connectivity index (χ0n) is 19.2. The van der Waals surface area contributed by atoms with Gasteiger partial charge in [-0.3, -0.25) is 14.3 Å². The van der Waals surface area contributed by atoms with Crippen LogP contribution in [0.4, 0.5) is 11.5 Å². The summed E-state index contributed by atoms with van der Waals surface area (Å²) in [6.45, 7) is 5.39. The van der Waals surface area contributed by atoms with E-state index in [2.05, 4.69) is 20.7 Å². The molecule has 2 N–H and O–H groups in total. The molecule has 2 amide bonds. The minimum atomic E-state index is -0.147. The van der Waals surface area contributed by atoms with Crippen LogP contribution < -0.4 is 15.4 Å². The molecule has 0 aliphatic heterocycles. The molecule has 0 aliphatic carbocycles. The largest absolute Gasteiger partial charge is 0.492 e. The van der Waals surface area contributed by atoms with Crippen molar-refractivity contribution in [3.63, 3.8) is 0 Å². The van der Waals surface area contributed by atoms with Crippen LogP contribution in [0.15, 0.2) is 55.0 Å². The van der Waals surface area contributed by atoms with Crippen molar-refractivity contribution in [3.05, 3.63) is 66.1 Å². The highest BCUT2D eigenvalue weighted by atomic mass is 16.5. The SMILES string of the molecule is Cc1ccc(OCCN(C)C(=O)Cn2cc(NC(=O)CCNc3ccc(C)cn3)cn2)cc1. The first kappa shape index (κ1) is 23.8. The summed E-state index contributed by atoms with van der Waals surface area (Å²) in [5.74, 6) is 1.26. The molecule has 0 fully saturated rings. The van der Waals surface area contributed by atoms with Crippen LogP contribution in [0.25, 0.3) is 0 Å². The van der Waals surface area contributed by atoms with Crippen LogP contribution in [-0.2, 0) is 16.1 Å². The van der Waals surface area contributed by atoms with E-state index in [0.29, 0.717) is 25.4 Å². The fourth-order valence-electron chi connectivity index (χ4n) is 2.93. The second-order valence-corrected chi connectivity index (χ2v) is 7.85. The van der Waals surface area contributed by atoms with Crippen molar-refractivity contribution in [3.8, 4) is 5.75 Å². The number of anilines is 2. The van der Waals surface area contributed by atoms with Crippen LogP contribution in [0.5, 0.6) is 5.75 Å². The smallest absolute Gasteiger partial charge is 0.244 e. The Kier molecular flexibility index (Phi) is 8.40. The Balaban J connectivity index is 1.36. The summed E-state index contributed by atoms with van der Waals surface area (Å²) in [4.78, 5) is 30.4. The lowest BCUT2D eigenvalue weighted by molar-refractivity contribution is -0.131. The van der Waals surface area contributed by atoms with Gasteiger partial charge in [-0.25, -0.2) is 4.98 Å². The molecule has 0 spiro atoms. The predicted octanol–water partition coefficient (Wildman–Crippen LogP) is 2.87. The van der Waals surface area contributed by atoms with Crippen molar-refractivity contribution in [1.29, 1.82) is 0 Å². The number of carbonyl (C=O) groups is 2. The molecule has 33 heavy (non-hydrogen) atoms. The Morgan fingerprint density at radius 1 is 1.06 bits per heavy atom. The van der Waals surface area contributed by atoms with Gasteiger partial charge in [0.05, 0.1) is 18.4 Å². The van der Waals surface area contributed by atoms with Crippen LogP contribution in [0, 0.1) is 13.8 Å². The second-order valence-electron chi connectivity index (χ2n) is 7.85. The van der Waals surface area contributed by atoms with Gasteiger partial charge in [-0.15, -0.1) is 0 Å². The second kappa shape index (κ2) is 11.7. The lowest BCUT2D eigenvalue weighted by Gasteiger charge is -2.17. The third kappa shape index (κ3) is 7.95. The Morgan fingerprint density at radius 3 is 2.55 bits per heavy atom. The summed E-state index contributed by atoms with van der Waals surface area (Å²) in [5, 5.41) is 10.1. The van der Waals surface area contributed by atoms with Crippen molar-refractivity contribution in [2.75, 3.05) is 37.4 Å². The maximum absolute atomic E-state index is 12.4. The fourth-order valence-corrected chi connectivity index (χ4v) is 2.93. The van der Waals surface area contributed by atoms with Gasteiger partial charge >= 0.3 is 0 Å². The molecule has 9 heteroatoms. The monoisotopic (exact) mass is 450 g/mol. The summed E-state index contributed by atoms with van der Waals surface area (Å²) in [6, 6.07) is 11.6. The summed E-state index contributed by atoms with van der Waals surface area (Å²) < 4.78 is 7.18. The number of rotatable bonds is 11. The number of aromatic nitrogens is 3. The lowest BCUT2D eigenvalue weighted by Crippen LogP contribution is -2.33. The number of hydrogen-bond donors (Lipinski definition) is 2. The molecule has 0 aliphatic rings. The Bertz CT molecular complexity index is 1050. The zero-order valence-corrected chi connectivity index (χ0v) is 19.2. The number of likely N-dealkylation sites (N-methyl/N-ethyl adjacent to an activating group) is 1. The molecule has 2 aromatic heterocycles. The number of ether oxygens (including phenoxy) is 1. The average Bonchev–Trinajstić information content (AvgIpc) is 3.22. The van der Waals surface area contributed by atoms with Crippen LogP contribution in [0.1, 0.15) is 17.5 Å². The molecule has 0 radical (unpaired) electrons.